The van der Waals surface area contributed by atoms with Gasteiger partial charge in [-0.1, -0.05) is 0 Å². The van der Waals surface area contributed by atoms with E-state index in [-0.39, 0.29) is 11.5 Å². The first-order chi connectivity index (χ1) is 8.58. The van der Waals surface area contributed by atoms with Crippen molar-refractivity contribution in [2.75, 3.05) is 10.7 Å². The maximum atomic E-state index is 11.0. The van der Waals surface area contributed by atoms with Crippen molar-refractivity contribution in [2.24, 2.45) is 5.84 Å². The van der Waals surface area contributed by atoms with Crippen molar-refractivity contribution >= 4 is 17.3 Å². The van der Waals surface area contributed by atoms with Gasteiger partial charge in [0, 0.05) is 6.07 Å². The standard InChI is InChI=1S/C11H19N5O3/c1-10(2,11(3,4)17)14-9-7(16(18)19)5-6-8(13-9)15-12/h5-6,17H,12H2,1-4H3,(H2,13,14,15). The Kier molecular flexibility index (Phi) is 3.97. The number of nitro groups is 1. The molecule has 0 unspecified atom stereocenters. The molecule has 1 aromatic rings. The van der Waals surface area contributed by atoms with E-state index in [0.29, 0.717) is 5.82 Å². The summed E-state index contributed by atoms with van der Waals surface area (Å²) in [5, 5.41) is 23.9. The van der Waals surface area contributed by atoms with E-state index in [9.17, 15) is 15.2 Å². The highest BCUT2D eigenvalue weighted by atomic mass is 16.6. The fourth-order valence-corrected chi connectivity index (χ4v) is 1.22. The largest absolute Gasteiger partial charge is 0.388 e. The molecule has 0 aromatic carbocycles. The predicted octanol–water partition coefficient (Wildman–Crippen LogP) is 1.24. The smallest absolute Gasteiger partial charge is 0.311 e. The summed E-state index contributed by atoms with van der Waals surface area (Å²) in [6.45, 7) is 6.66. The summed E-state index contributed by atoms with van der Waals surface area (Å²) in [6.07, 6.45) is 0. The SMILES string of the molecule is CC(C)(O)C(C)(C)Nc1nc(NN)ccc1[N+](=O)[O-]. The third-order valence-electron chi connectivity index (χ3n) is 3.18. The number of nitrogens with zero attached hydrogens (tertiary/aromatic N) is 2. The van der Waals surface area contributed by atoms with Crippen LogP contribution in [0.5, 0.6) is 0 Å². The Bertz CT molecular complexity index is 482. The highest BCUT2D eigenvalue weighted by molar-refractivity contribution is 5.61. The van der Waals surface area contributed by atoms with E-state index in [2.05, 4.69) is 15.7 Å². The molecule has 0 fully saturated rings. The molecule has 106 valence electrons. The molecule has 19 heavy (non-hydrogen) atoms. The molecule has 0 aliphatic rings. The third kappa shape index (κ3) is 3.30. The lowest BCUT2D eigenvalue weighted by atomic mass is 9.86. The Hall–Kier alpha value is -1.93. The minimum Gasteiger partial charge on any atom is -0.388 e. The van der Waals surface area contributed by atoms with E-state index < -0.39 is 16.1 Å². The summed E-state index contributed by atoms with van der Waals surface area (Å²) in [7, 11) is 0. The highest BCUT2D eigenvalue weighted by Gasteiger charge is 2.37. The topological polar surface area (TPSA) is 126 Å². The van der Waals surface area contributed by atoms with Crippen LogP contribution in [-0.2, 0) is 0 Å². The number of nitrogens with two attached hydrogens (primary N) is 1. The van der Waals surface area contributed by atoms with E-state index >= 15 is 0 Å². The first-order valence-electron chi connectivity index (χ1n) is 5.71. The van der Waals surface area contributed by atoms with Crippen molar-refractivity contribution in [3.63, 3.8) is 0 Å². The number of pyridine rings is 1. The van der Waals surface area contributed by atoms with Gasteiger partial charge in [-0.2, -0.15) is 0 Å². The summed E-state index contributed by atoms with van der Waals surface area (Å²) in [6, 6.07) is 2.70. The Morgan fingerprint density at radius 3 is 2.37 bits per heavy atom. The molecule has 0 spiro atoms. The first kappa shape index (κ1) is 15.1. The number of rotatable bonds is 5. The van der Waals surface area contributed by atoms with Gasteiger partial charge in [0.25, 0.3) is 0 Å². The minimum atomic E-state index is -1.10. The molecule has 1 heterocycles. The van der Waals surface area contributed by atoms with Gasteiger partial charge in [-0.3, -0.25) is 10.1 Å². The maximum Gasteiger partial charge on any atom is 0.311 e. The molecule has 0 radical (unpaired) electrons. The highest BCUT2D eigenvalue weighted by Crippen LogP contribution is 2.30. The van der Waals surface area contributed by atoms with E-state index in [1.54, 1.807) is 27.7 Å². The Morgan fingerprint density at radius 1 is 1.37 bits per heavy atom. The second-order valence-electron chi connectivity index (χ2n) is 5.27. The average molecular weight is 269 g/mol. The Morgan fingerprint density at radius 2 is 1.95 bits per heavy atom. The van der Waals surface area contributed by atoms with Crippen LogP contribution >= 0.6 is 0 Å². The molecule has 0 saturated carbocycles. The van der Waals surface area contributed by atoms with Gasteiger partial charge in [0.1, 0.15) is 5.82 Å². The van der Waals surface area contributed by atoms with Crippen LogP contribution in [0.25, 0.3) is 0 Å². The minimum absolute atomic E-state index is 0.0487. The van der Waals surface area contributed by atoms with Crippen molar-refractivity contribution in [3.05, 3.63) is 22.2 Å². The van der Waals surface area contributed by atoms with Gasteiger partial charge in [-0.05, 0) is 33.8 Å². The van der Waals surface area contributed by atoms with Gasteiger partial charge in [0.05, 0.1) is 16.1 Å². The molecular weight excluding hydrogens is 250 g/mol. The lowest BCUT2D eigenvalue weighted by Gasteiger charge is -2.38. The van der Waals surface area contributed by atoms with Crippen LogP contribution in [0.2, 0.25) is 0 Å². The molecular formula is C11H19N5O3. The maximum absolute atomic E-state index is 11.0. The zero-order valence-corrected chi connectivity index (χ0v) is 11.4. The summed E-state index contributed by atoms with van der Waals surface area (Å²) in [5.41, 5.74) is 0.214. The van der Waals surface area contributed by atoms with Crippen LogP contribution in [-0.4, -0.2) is 26.2 Å². The zero-order valence-electron chi connectivity index (χ0n) is 11.4. The van der Waals surface area contributed by atoms with Crippen LogP contribution in [0.1, 0.15) is 27.7 Å². The van der Waals surface area contributed by atoms with Crippen LogP contribution in [0.3, 0.4) is 0 Å². The van der Waals surface area contributed by atoms with Gasteiger partial charge in [0.2, 0.25) is 5.82 Å². The van der Waals surface area contributed by atoms with Crippen molar-refractivity contribution < 1.29 is 10.0 Å². The monoisotopic (exact) mass is 269 g/mol. The van der Waals surface area contributed by atoms with Crippen LogP contribution in [0.15, 0.2) is 12.1 Å². The lowest BCUT2D eigenvalue weighted by Crippen LogP contribution is -2.51. The quantitative estimate of drug-likeness (QED) is 0.360. The van der Waals surface area contributed by atoms with Crippen LogP contribution in [0.4, 0.5) is 17.3 Å². The van der Waals surface area contributed by atoms with Gasteiger partial charge in [0.15, 0.2) is 0 Å². The number of aromatic nitrogens is 1. The number of anilines is 2. The molecule has 0 bridgehead atoms. The number of hydrogen-bond donors (Lipinski definition) is 4. The predicted molar refractivity (Wildman–Crippen MR) is 72.7 cm³/mol. The number of nitrogens with one attached hydrogen (secondary N) is 2. The van der Waals surface area contributed by atoms with Crippen molar-refractivity contribution in [1.29, 1.82) is 0 Å². The number of hydrazine groups is 1. The van der Waals surface area contributed by atoms with Gasteiger partial charge < -0.3 is 15.8 Å². The molecule has 0 aliphatic heterocycles. The summed E-state index contributed by atoms with van der Waals surface area (Å²) in [4.78, 5) is 14.4. The Labute approximate surface area is 111 Å². The van der Waals surface area contributed by atoms with E-state index in [1.807, 2.05) is 0 Å². The Balaban J connectivity index is 3.21. The van der Waals surface area contributed by atoms with Crippen molar-refractivity contribution in [1.82, 2.24) is 4.98 Å². The molecule has 1 aromatic heterocycles. The molecule has 8 nitrogen and oxygen atoms in total. The second-order valence-corrected chi connectivity index (χ2v) is 5.27. The second kappa shape index (κ2) is 4.98. The van der Waals surface area contributed by atoms with E-state index in [1.165, 1.54) is 12.1 Å². The fraction of sp³-hybridized carbons (Fsp3) is 0.545. The molecule has 0 aliphatic carbocycles. The summed E-state index contributed by atoms with van der Waals surface area (Å²) >= 11 is 0. The summed E-state index contributed by atoms with van der Waals surface area (Å²) < 4.78 is 0. The third-order valence-corrected chi connectivity index (χ3v) is 3.18. The number of aliphatic hydroxyl groups is 1. The molecule has 5 N–H and O–H groups in total. The summed E-state index contributed by atoms with van der Waals surface area (Å²) in [5.74, 6) is 5.57. The van der Waals surface area contributed by atoms with E-state index in [4.69, 9.17) is 5.84 Å². The van der Waals surface area contributed by atoms with Crippen LogP contribution in [0, 0.1) is 10.1 Å². The van der Waals surface area contributed by atoms with E-state index in [0.717, 1.165) is 0 Å². The number of nitrogen functional groups attached to an aromatic ring is 1. The molecule has 1 rings (SSSR count). The van der Waals surface area contributed by atoms with Gasteiger partial charge >= 0.3 is 5.69 Å². The number of hydrogen-bond acceptors (Lipinski definition) is 7. The van der Waals surface area contributed by atoms with Gasteiger partial charge in [-0.15, -0.1) is 0 Å². The average Bonchev–Trinajstić information content (AvgIpc) is 2.26. The lowest BCUT2D eigenvalue weighted by molar-refractivity contribution is -0.384. The van der Waals surface area contributed by atoms with Crippen molar-refractivity contribution in [3.8, 4) is 0 Å². The normalized spacial score (nSPS) is 12.1. The van der Waals surface area contributed by atoms with Gasteiger partial charge in [-0.25, -0.2) is 10.8 Å². The molecule has 0 atom stereocenters. The molecule has 0 amide bonds. The van der Waals surface area contributed by atoms with Crippen molar-refractivity contribution in [2.45, 2.75) is 38.8 Å². The molecule has 8 heteroatoms. The fourth-order valence-electron chi connectivity index (χ4n) is 1.22. The molecule has 0 saturated heterocycles. The zero-order chi connectivity index (χ0) is 14.8. The first-order valence-corrected chi connectivity index (χ1v) is 5.71. The van der Waals surface area contributed by atoms with Crippen LogP contribution < -0.4 is 16.6 Å².